The minimum absolute atomic E-state index is 0.0448. The molecular weight excluding hydrogens is 452 g/mol. The van der Waals surface area contributed by atoms with Crippen molar-refractivity contribution in [3.05, 3.63) is 90.0 Å². The number of aromatic hydroxyl groups is 1. The van der Waals surface area contributed by atoms with Gasteiger partial charge in [0.05, 0.1) is 36.2 Å². The first-order valence-corrected chi connectivity index (χ1v) is 11.4. The van der Waals surface area contributed by atoms with Crippen LogP contribution in [0.4, 0.5) is 5.69 Å². The number of benzene rings is 3. The fourth-order valence-electron chi connectivity index (χ4n) is 3.36. The molecule has 0 aliphatic heterocycles. The molecule has 0 saturated heterocycles. The van der Waals surface area contributed by atoms with Gasteiger partial charge >= 0.3 is 5.97 Å². The largest absolute Gasteiger partial charge is 0.507 e. The lowest BCUT2D eigenvalue weighted by Crippen LogP contribution is -2.17. The van der Waals surface area contributed by atoms with E-state index in [0.717, 1.165) is 5.56 Å². The number of phenolic OH excluding ortho intramolecular Hbond substituents is 1. The van der Waals surface area contributed by atoms with Gasteiger partial charge < -0.3 is 15.2 Å². The third-order valence-corrected chi connectivity index (χ3v) is 5.95. The number of phenols is 1. The van der Waals surface area contributed by atoms with Gasteiger partial charge in [0, 0.05) is 0 Å². The zero-order valence-corrected chi connectivity index (χ0v) is 19.2. The molecule has 8 nitrogen and oxygen atoms in total. The Kier molecular flexibility index (Phi) is 7.24. The number of methoxy groups -OCH3 is 1. The van der Waals surface area contributed by atoms with E-state index in [-0.39, 0.29) is 23.0 Å². The molecule has 0 atom stereocenters. The second-order valence-electron chi connectivity index (χ2n) is 7.27. The van der Waals surface area contributed by atoms with Crippen molar-refractivity contribution in [3.63, 3.8) is 0 Å². The number of carbonyl (C=O) groups is 2. The van der Waals surface area contributed by atoms with Crippen LogP contribution in [0.15, 0.2) is 84.0 Å². The van der Waals surface area contributed by atoms with Crippen molar-refractivity contribution in [2.24, 2.45) is 0 Å². The molecule has 4 aromatic rings. The molecule has 0 bridgehead atoms. The molecule has 172 valence electrons. The molecule has 3 aromatic carbocycles. The van der Waals surface area contributed by atoms with Gasteiger partial charge in [-0.1, -0.05) is 66.4 Å². The van der Waals surface area contributed by atoms with E-state index in [1.54, 1.807) is 42.5 Å². The van der Waals surface area contributed by atoms with Crippen molar-refractivity contribution < 1.29 is 19.4 Å². The van der Waals surface area contributed by atoms with Gasteiger partial charge in [-0.25, -0.2) is 4.79 Å². The van der Waals surface area contributed by atoms with Crippen molar-refractivity contribution in [1.29, 1.82) is 0 Å². The number of para-hydroxylation sites is 2. The Bertz CT molecular complexity index is 1310. The number of hydrogen-bond donors (Lipinski definition) is 2. The average Bonchev–Trinajstić information content (AvgIpc) is 3.25. The average molecular weight is 475 g/mol. The van der Waals surface area contributed by atoms with E-state index >= 15 is 0 Å². The standard InChI is InChI=1S/C25H22N4O4S/c1-33-24(32)18-11-5-7-13-20(18)26-22(31)16-34-25-28-27-23(19-12-6-8-14-21(19)30)29(25)15-17-9-3-2-4-10-17/h2-14,30H,15-16H2,1H3,(H,26,31). The number of esters is 1. The molecule has 4 rings (SSSR count). The highest BCUT2D eigenvalue weighted by atomic mass is 32.2. The maximum atomic E-state index is 12.7. The summed E-state index contributed by atoms with van der Waals surface area (Å²) in [6.07, 6.45) is 0. The maximum absolute atomic E-state index is 12.7. The van der Waals surface area contributed by atoms with Crippen molar-refractivity contribution in [2.75, 3.05) is 18.2 Å². The second-order valence-corrected chi connectivity index (χ2v) is 8.21. The van der Waals surface area contributed by atoms with Crippen LogP contribution in [0.3, 0.4) is 0 Å². The monoisotopic (exact) mass is 474 g/mol. The van der Waals surface area contributed by atoms with E-state index in [2.05, 4.69) is 15.5 Å². The summed E-state index contributed by atoms with van der Waals surface area (Å²) in [6.45, 7) is 0.465. The van der Waals surface area contributed by atoms with Crippen LogP contribution in [-0.2, 0) is 16.1 Å². The molecule has 0 aliphatic rings. The number of rotatable bonds is 8. The Hall–Kier alpha value is -4.11. The summed E-state index contributed by atoms with van der Waals surface area (Å²) in [4.78, 5) is 24.6. The minimum atomic E-state index is -0.529. The molecule has 0 saturated carbocycles. The molecule has 0 aliphatic carbocycles. The molecule has 0 radical (unpaired) electrons. The maximum Gasteiger partial charge on any atom is 0.339 e. The Morgan fingerprint density at radius 3 is 2.44 bits per heavy atom. The van der Waals surface area contributed by atoms with E-state index < -0.39 is 5.97 Å². The molecule has 9 heteroatoms. The first-order chi connectivity index (χ1) is 16.6. The smallest absolute Gasteiger partial charge is 0.339 e. The molecule has 1 amide bonds. The molecule has 34 heavy (non-hydrogen) atoms. The first-order valence-electron chi connectivity index (χ1n) is 10.4. The van der Waals surface area contributed by atoms with Gasteiger partial charge in [-0.05, 0) is 29.8 Å². The molecule has 2 N–H and O–H groups in total. The molecule has 1 heterocycles. The number of ether oxygens (including phenoxy) is 1. The molecule has 0 spiro atoms. The third-order valence-electron chi connectivity index (χ3n) is 4.98. The van der Waals surface area contributed by atoms with Gasteiger partial charge in [-0.3, -0.25) is 9.36 Å². The van der Waals surface area contributed by atoms with Crippen LogP contribution in [0.2, 0.25) is 0 Å². The normalized spacial score (nSPS) is 10.6. The third kappa shape index (κ3) is 5.26. The topological polar surface area (TPSA) is 106 Å². The lowest BCUT2D eigenvalue weighted by atomic mass is 10.1. The van der Waals surface area contributed by atoms with Gasteiger partial charge in [0.1, 0.15) is 5.75 Å². The molecular formula is C25H22N4O4S. The Morgan fingerprint density at radius 1 is 0.971 bits per heavy atom. The van der Waals surface area contributed by atoms with Gasteiger partial charge in [0.25, 0.3) is 0 Å². The van der Waals surface area contributed by atoms with E-state index in [4.69, 9.17) is 4.74 Å². The number of nitrogens with zero attached hydrogens (tertiary/aromatic N) is 3. The predicted octanol–water partition coefficient (Wildman–Crippen LogP) is 4.22. The number of carbonyl (C=O) groups excluding carboxylic acids is 2. The van der Waals surface area contributed by atoms with Gasteiger partial charge in [-0.2, -0.15) is 0 Å². The van der Waals surface area contributed by atoms with Gasteiger partial charge in [0.2, 0.25) is 5.91 Å². The summed E-state index contributed by atoms with van der Waals surface area (Å²) >= 11 is 1.21. The van der Waals surface area contributed by atoms with Gasteiger partial charge in [0.15, 0.2) is 11.0 Å². The fourth-order valence-corrected chi connectivity index (χ4v) is 4.10. The van der Waals surface area contributed by atoms with Crippen molar-refractivity contribution >= 4 is 29.3 Å². The highest BCUT2D eigenvalue weighted by Gasteiger charge is 2.19. The van der Waals surface area contributed by atoms with Crippen LogP contribution >= 0.6 is 11.8 Å². The SMILES string of the molecule is COC(=O)c1ccccc1NC(=O)CSc1nnc(-c2ccccc2O)n1Cc1ccccc1. The summed E-state index contributed by atoms with van der Waals surface area (Å²) in [5, 5.41) is 22.2. The summed E-state index contributed by atoms with van der Waals surface area (Å²) in [6, 6.07) is 23.4. The summed E-state index contributed by atoms with van der Waals surface area (Å²) < 4.78 is 6.64. The highest BCUT2D eigenvalue weighted by Crippen LogP contribution is 2.31. The lowest BCUT2D eigenvalue weighted by molar-refractivity contribution is -0.113. The van der Waals surface area contributed by atoms with Crippen LogP contribution < -0.4 is 5.32 Å². The van der Waals surface area contributed by atoms with Gasteiger partial charge in [-0.15, -0.1) is 10.2 Å². The molecule has 0 fully saturated rings. The van der Waals surface area contributed by atoms with Crippen LogP contribution in [0.1, 0.15) is 15.9 Å². The number of nitrogens with one attached hydrogen (secondary N) is 1. The Morgan fingerprint density at radius 2 is 1.68 bits per heavy atom. The van der Waals surface area contributed by atoms with Crippen LogP contribution in [0.5, 0.6) is 5.75 Å². The summed E-state index contributed by atoms with van der Waals surface area (Å²) in [5.74, 6) is -0.194. The zero-order valence-electron chi connectivity index (χ0n) is 18.3. The highest BCUT2D eigenvalue weighted by molar-refractivity contribution is 7.99. The number of amides is 1. The minimum Gasteiger partial charge on any atom is -0.507 e. The summed E-state index contributed by atoms with van der Waals surface area (Å²) in [5.41, 5.74) is 2.23. The fraction of sp³-hybridized carbons (Fsp3) is 0.120. The Balaban J connectivity index is 1.56. The van der Waals surface area contributed by atoms with E-state index in [9.17, 15) is 14.7 Å². The Labute approximate surface area is 200 Å². The van der Waals surface area contributed by atoms with Crippen molar-refractivity contribution in [1.82, 2.24) is 14.8 Å². The number of anilines is 1. The first kappa shape index (κ1) is 23.1. The predicted molar refractivity (Wildman–Crippen MR) is 130 cm³/mol. The van der Waals surface area contributed by atoms with Crippen molar-refractivity contribution in [3.8, 4) is 17.1 Å². The quantitative estimate of drug-likeness (QED) is 0.291. The van der Waals surface area contributed by atoms with E-state index in [0.29, 0.717) is 28.8 Å². The van der Waals surface area contributed by atoms with Crippen LogP contribution in [0.25, 0.3) is 11.4 Å². The molecule has 0 unspecified atom stereocenters. The van der Waals surface area contributed by atoms with E-state index in [1.165, 1.54) is 18.9 Å². The van der Waals surface area contributed by atoms with Crippen LogP contribution in [0, 0.1) is 0 Å². The van der Waals surface area contributed by atoms with Crippen LogP contribution in [-0.4, -0.2) is 44.6 Å². The zero-order chi connectivity index (χ0) is 23.9. The summed E-state index contributed by atoms with van der Waals surface area (Å²) in [7, 11) is 1.29. The number of thioether (sulfide) groups is 1. The van der Waals surface area contributed by atoms with E-state index in [1.807, 2.05) is 41.0 Å². The number of hydrogen-bond acceptors (Lipinski definition) is 7. The molecule has 1 aromatic heterocycles. The lowest BCUT2D eigenvalue weighted by Gasteiger charge is -2.12. The second kappa shape index (κ2) is 10.7. The number of aromatic nitrogens is 3. The van der Waals surface area contributed by atoms with Crippen molar-refractivity contribution in [2.45, 2.75) is 11.7 Å².